The number of aryl methyl sites for hydroxylation is 1. The van der Waals surface area contributed by atoms with E-state index in [4.69, 9.17) is 9.26 Å². The van der Waals surface area contributed by atoms with Crippen LogP contribution in [0.1, 0.15) is 15.9 Å². The van der Waals surface area contributed by atoms with Gasteiger partial charge in [-0.05, 0) is 55.5 Å². The highest BCUT2D eigenvalue weighted by Crippen LogP contribution is 2.25. The minimum Gasteiger partial charge on any atom is -0.497 e. The van der Waals surface area contributed by atoms with Crippen molar-refractivity contribution in [2.24, 2.45) is 0 Å². The van der Waals surface area contributed by atoms with Crippen molar-refractivity contribution in [3.63, 3.8) is 0 Å². The van der Waals surface area contributed by atoms with E-state index in [0.717, 1.165) is 16.7 Å². The van der Waals surface area contributed by atoms with Gasteiger partial charge in [-0.1, -0.05) is 35.0 Å². The normalized spacial score (nSPS) is 10.6. The molecule has 29 heavy (non-hydrogen) atoms. The van der Waals surface area contributed by atoms with E-state index in [2.05, 4.69) is 15.5 Å². The van der Waals surface area contributed by atoms with Crippen LogP contribution in [0.15, 0.2) is 77.3 Å². The van der Waals surface area contributed by atoms with Crippen molar-refractivity contribution in [1.82, 2.24) is 10.1 Å². The summed E-state index contributed by atoms with van der Waals surface area (Å²) in [6.45, 7) is 2.01. The Hall–Kier alpha value is -3.93. The van der Waals surface area contributed by atoms with Gasteiger partial charge in [0.1, 0.15) is 5.75 Å². The second kappa shape index (κ2) is 7.98. The van der Waals surface area contributed by atoms with Gasteiger partial charge in [0.15, 0.2) is 0 Å². The van der Waals surface area contributed by atoms with E-state index in [1.165, 1.54) is 0 Å². The summed E-state index contributed by atoms with van der Waals surface area (Å²) in [6, 6.07) is 22.1. The average Bonchev–Trinajstić information content (AvgIpc) is 3.24. The smallest absolute Gasteiger partial charge is 0.258 e. The van der Waals surface area contributed by atoms with Gasteiger partial charge in [0.25, 0.3) is 11.8 Å². The molecule has 3 aromatic carbocycles. The van der Waals surface area contributed by atoms with E-state index in [-0.39, 0.29) is 5.91 Å². The summed E-state index contributed by atoms with van der Waals surface area (Å²) < 4.78 is 10.5. The number of amides is 1. The van der Waals surface area contributed by atoms with Crippen molar-refractivity contribution in [3.05, 3.63) is 83.9 Å². The van der Waals surface area contributed by atoms with Crippen molar-refractivity contribution in [1.29, 1.82) is 0 Å². The largest absolute Gasteiger partial charge is 0.497 e. The first kappa shape index (κ1) is 18.4. The van der Waals surface area contributed by atoms with E-state index in [1.807, 2.05) is 49.4 Å². The van der Waals surface area contributed by atoms with Crippen molar-refractivity contribution < 1.29 is 14.1 Å². The third kappa shape index (κ3) is 4.16. The molecule has 0 aliphatic carbocycles. The first-order chi connectivity index (χ1) is 14.1. The SMILES string of the molecule is COc1ccc(C(=O)Nc2cccc(-c3nc(-c4cccc(C)c4)no3)c2)cc1. The molecule has 6 nitrogen and oxygen atoms in total. The number of aromatic nitrogens is 2. The fourth-order valence-electron chi connectivity index (χ4n) is 2.92. The predicted molar refractivity (Wildman–Crippen MR) is 111 cm³/mol. The van der Waals surface area contributed by atoms with Gasteiger partial charge in [-0.2, -0.15) is 4.98 Å². The van der Waals surface area contributed by atoms with Gasteiger partial charge < -0.3 is 14.6 Å². The summed E-state index contributed by atoms with van der Waals surface area (Å²) in [4.78, 5) is 17.0. The summed E-state index contributed by atoms with van der Waals surface area (Å²) in [5.74, 6) is 1.40. The number of nitrogens with one attached hydrogen (secondary N) is 1. The molecule has 0 bridgehead atoms. The fraction of sp³-hybridized carbons (Fsp3) is 0.0870. The molecule has 0 atom stereocenters. The quantitative estimate of drug-likeness (QED) is 0.525. The topological polar surface area (TPSA) is 77.2 Å². The molecule has 4 aromatic rings. The molecule has 0 aliphatic rings. The lowest BCUT2D eigenvalue weighted by Crippen LogP contribution is -2.11. The Bertz CT molecular complexity index is 1150. The summed E-state index contributed by atoms with van der Waals surface area (Å²) >= 11 is 0. The minimum atomic E-state index is -0.212. The van der Waals surface area contributed by atoms with Crippen LogP contribution in [-0.4, -0.2) is 23.2 Å². The second-order valence-electron chi connectivity index (χ2n) is 6.56. The van der Waals surface area contributed by atoms with Crippen LogP contribution in [0.3, 0.4) is 0 Å². The number of hydrogen-bond acceptors (Lipinski definition) is 5. The molecule has 1 aromatic heterocycles. The Morgan fingerprint density at radius 3 is 2.48 bits per heavy atom. The Balaban J connectivity index is 1.53. The molecular formula is C23H19N3O3. The number of carbonyl (C=O) groups excluding carboxylic acids is 1. The highest BCUT2D eigenvalue weighted by atomic mass is 16.5. The molecule has 0 spiro atoms. The molecule has 0 fully saturated rings. The van der Waals surface area contributed by atoms with Crippen LogP contribution in [-0.2, 0) is 0 Å². The highest BCUT2D eigenvalue weighted by molar-refractivity contribution is 6.04. The molecule has 0 saturated heterocycles. The van der Waals surface area contributed by atoms with Crippen LogP contribution in [0.2, 0.25) is 0 Å². The monoisotopic (exact) mass is 385 g/mol. The fourth-order valence-corrected chi connectivity index (χ4v) is 2.92. The Labute approximate surface area is 168 Å². The van der Waals surface area contributed by atoms with Crippen molar-refractivity contribution >= 4 is 11.6 Å². The third-order valence-electron chi connectivity index (χ3n) is 4.42. The van der Waals surface area contributed by atoms with Gasteiger partial charge in [0, 0.05) is 22.4 Å². The average molecular weight is 385 g/mol. The van der Waals surface area contributed by atoms with Crippen LogP contribution in [0.4, 0.5) is 5.69 Å². The number of rotatable bonds is 5. The second-order valence-corrected chi connectivity index (χ2v) is 6.56. The Morgan fingerprint density at radius 1 is 0.966 bits per heavy atom. The highest BCUT2D eigenvalue weighted by Gasteiger charge is 2.12. The maximum atomic E-state index is 12.5. The maximum Gasteiger partial charge on any atom is 0.258 e. The molecule has 1 heterocycles. The molecule has 1 N–H and O–H groups in total. The third-order valence-corrected chi connectivity index (χ3v) is 4.42. The Morgan fingerprint density at radius 2 is 1.72 bits per heavy atom. The number of ether oxygens (including phenoxy) is 1. The zero-order valence-electron chi connectivity index (χ0n) is 16.0. The van der Waals surface area contributed by atoms with Gasteiger partial charge in [-0.15, -0.1) is 0 Å². The lowest BCUT2D eigenvalue weighted by Gasteiger charge is -2.07. The van der Waals surface area contributed by atoms with E-state index in [1.54, 1.807) is 37.4 Å². The van der Waals surface area contributed by atoms with Gasteiger partial charge >= 0.3 is 0 Å². The van der Waals surface area contributed by atoms with E-state index >= 15 is 0 Å². The summed E-state index contributed by atoms with van der Waals surface area (Å²) in [7, 11) is 1.59. The van der Waals surface area contributed by atoms with Crippen LogP contribution >= 0.6 is 0 Å². The number of hydrogen-bond donors (Lipinski definition) is 1. The number of nitrogens with zero attached hydrogens (tertiary/aromatic N) is 2. The molecule has 6 heteroatoms. The van der Waals surface area contributed by atoms with E-state index < -0.39 is 0 Å². The van der Waals surface area contributed by atoms with Gasteiger partial charge in [0.2, 0.25) is 5.82 Å². The zero-order valence-corrected chi connectivity index (χ0v) is 16.0. The van der Waals surface area contributed by atoms with Gasteiger partial charge in [0.05, 0.1) is 7.11 Å². The molecule has 144 valence electrons. The zero-order chi connectivity index (χ0) is 20.2. The standard InChI is InChI=1S/C23H19N3O3/c1-15-5-3-6-17(13-15)21-25-23(29-26-21)18-7-4-8-19(14-18)24-22(27)16-9-11-20(28-2)12-10-16/h3-14H,1-2H3,(H,24,27). The van der Waals surface area contributed by atoms with Gasteiger partial charge in [-0.3, -0.25) is 4.79 Å². The van der Waals surface area contributed by atoms with E-state index in [9.17, 15) is 4.79 Å². The molecule has 0 unspecified atom stereocenters. The van der Waals surface area contributed by atoms with Gasteiger partial charge in [-0.25, -0.2) is 0 Å². The lowest BCUT2D eigenvalue weighted by atomic mass is 10.1. The minimum absolute atomic E-state index is 0.212. The van der Waals surface area contributed by atoms with Crippen molar-refractivity contribution in [2.45, 2.75) is 6.92 Å². The number of methoxy groups -OCH3 is 1. The number of anilines is 1. The molecular weight excluding hydrogens is 366 g/mol. The predicted octanol–water partition coefficient (Wildman–Crippen LogP) is 4.97. The van der Waals surface area contributed by atoms with Crippen molar-refractivity contribution in [3.8, 4) is 28.6 Å². The molecule has 1 amide bonds. The van der Waals surface area contributed by atoms with Crippen LogP contribution < -0.4 is 10.1 Å². The summed E-state index contributed by atoms with van der Waals surface area (Å²) in [6.07, 6.45) is 0. The first-order valence-electron chi connectivity index (χ1n) is 9.09. The first-order valence-corrected chi connectivity index (χ1v) is 9.09. The van der Waals surface area contributed by atoms with Crippen molar-refractivity contribution in [2.75, 3.05) is 12.4 Å². The van der Waals surface area contributed by atoms with Crippen LogP contribution in [0.5, 0.6) is 5.75 Å². The summed E-state index contributed by atoms with van der Waals surface area (Å²) in [5.41, 5.74) is 3.92. The van der Waals surface area contributed by atoms with E-state index in [0.29, 0.717) is 28.7 Å². The number of carbonyl (C=O) groups is 1. The maximum absolute atomic E-state index is 12.5. The lowest BCUT2D eigenvalue weighted by molar-refractivity contribution is 0.102. The van der Waals surface area contributed by atoms with Crippen LogP contribution in [0.25, 0.3) is 22.8 Å². The molecule has 0 saturated carbocycles. The summed E-state index contributed by atoms with van der Waals surface area (Å²) in [5, 5.41) is 6.96. The molecule has 0 aliphatic heterocycles. The van der Waals surface area contributed by atoms with Crippen LogP contribution in [0, 0.1) is 6.92 Å². The Kier molecular flexibility index (Phi) is 5.07. The molecule has 0 radical (unpaired) electrons. The number of benzene rings is 3. The molecule has 4 rings (SSSR count).